The van der Waals surface area contributed by atoms with E-state index in [1.54, 1.807) is 34.3 Å². The molecule has 2 saturated carbocycles. The summed E-state index contributed by atoms with van der Waals surface area (Å²) in [5.41, 5.74) is 1.89. The minimum Gasteiger partial charge on any atom is -0.494 e. The maximum absolute atomic E-state index is 13.0. The lowest BCUT2D eigenvalue weighted by molar-refractivity contribution is 0.284. The van der Waals surface area contributed by atoms with E-state index in [0.29, 0.717) is 11.0 Å². The van der Waals surface area contributed by atoms with Crippen LogP contribution in [-0.4, -0.2) is 94.5 Å². The van der Waals surface area contributed by atoms with Gasteiger partial charge in [-0.1, -0.05) is 16.8 Å². The van der Waals surface area contributed by atoms with Crippen molar-refractivity contribution in [3.8, 4) is 22.9 Å². The highest BCUT2D eigenvalue weighted by Crippen LogP contribution is 2.51. The predicted octanol–water partition coefficient (Wildman–Crippen LogP) is 6.95. The van der Waals surface area contributed by atoms with Gasteiger partial charge >= 0.3 is 0 Å². The summed E-state index contributed by atoms with van der Waals surface area (Å²) in [6.07, 6.45) is 20.5. The Labute approximate surface area is 353 Å². The van der Waals surface area contributed by atoms with Gasteiger partial charge in [0.05, 0.1) is 66.8 Å². The Balaban J connectivity index is 0.000000154. The van der Waals surface area contributed by atoms with Crippen molar-refractivity contribution in [3.05, 3.63) is 103 Å². The number of benzene rings is 2. The number of rotatable bonds is 14. The summed E-state index contributed by atoms with van der Waals surface area (Å²) >= 11 is 5.89. The van der Waals surface area contributed by atoms with Crippen LogP contribution in [0.15, 0.2) is 92.0 Å². The maximum atomic E-state index is 13.0. The van der Waals surface area contributed by atoms with Gasteiger partial charge in [-0.15, -0.1) is 10.2 Å². The Hall–Kier alpha value is -5.77. The van der Waals surface area contributed by atoms with E-state index in [2.05, 4.69) is 55.6 Å². The fraction of sp³-hybridized carbons (Fsp3) is 0.465. The van der Waals surface area contributed by atoms with E-state index in [9.17, 15) is 4.39 Å². The molecule has 0 bridgehead atoms. The first kappa shape index (κ1) is 39.7. The molecule has 2 aliphatic carbocycles. The quantitative estimate of drug-likeness (QED) is 0.112. The normalized spacial score (nSPS) is 21.6. The molecule has 0 spiro atoms. The second-order valence-electron chi connectivity index (χ2n) is 16.2. The van der Waals surface area contributed by atoms with Crippen LogP contribution in [0.25, 0.3) is 11.4 Å². The van der Waals surface area contributed by atoms with Crippen LogP contribution in [0.2, 0.25) is 5.02 Å². The Bertz CT molecular complexity index is 2040. The van der Waals surface area contributed by atoms with E-state index in [4.69, 9.17) is 21.1 Å². The lowest BCUT2D eigenvalue weighted by atomic mass is 9.90. The smallest absolute Gasteiger partial charge is 0.225 e. The van der Waals surface area contributed by atoms with Crippen LogP contribution in [-0.2, 0) is 0 Å². The summed E-state index contributed by atoms with van der Waals surface area (Å²) in [7, 11) is 0. The fourth-order valence-corrected chi connectivity index (χ4v) is 9.12. The number of ether oxygens (including phenoxy) is 2. The van der Waals surface area contributed by atoms with Gasteiger partial charge in [-0.25, -0.2) is 33.7 Å². The number of nitrogens with zero attached hydrogens (tertiary/aromatic N) is 13. The second-order valence-corrected chi connectivity index (χ2v) is 16.7. The van der Waals surface area contributed by atoms with Crippen LogP contribution in [0.4, 0.5) is 16.3 Å². The summed E-state index contributed by atoms with van der Waals surface area (Å²) < 4.78 is 28.3. The maximum Gasteiger partial charge on any atom is 0.225 e. The molecule has 4 aromatic heterocycles. The molecule has 2 aromatic carbocycles. The topological polar surface area (TPSA) is 151 Å². The highest BCUT2D eigenvalue weighted by molar-refractivity contribution is 6.30. The number of tetrazole rings is 1. The number of piperidine rings is 2. The SMILES string of the molecule is Clc1cnc(N2CCC([C@H]3C[C@H]3CCOc3ccc(-n4cnnn4)cc3)CC2)nc1.Fc1cnc(N2CCC([C@@H]3C[C@@H]3CCOc3ccc(-n4ccnn4)cc3)CC2)nc1. The summed E-state index contributed by atoms with van der Waals surface area (Å²) in [6.45, 7) is 5.48. The van der Waals surface area contributed by atoms with E-state index in [1.165, 1.54) is 38.1 Å². The second kappa shape index (κ2) is 18.7. The molecule has 4 aliphatic rings. The number of aromatic nitrogens is 11. The van der Waals surface area contributed by atoms with E-state index in [0.717, 1.165) is 129 Å². The van der Waals surface area contributed by atoms with Gasteiger partial charge in [-0.05, 0) is 146 Å². The molecule has 60 heavy (non-hydrogen) atoms. The molecule has 17 heteroatoms. The molecule has 4 atom stereocenters. The first-order valence-electron chi connectivity index (χ1n) is 21.0. The average Bonchev–Trinajstić information content (AvgIpc) is 4.07. The van der Waals surface area contributed by atoms with E-state index >= 15 is 0 Å². The van der Waals surface area contributed by atoms with E-state index in [-0.39, 0.29) is 5.82 Å². The molecule has 10 rings (SSSR count). The first-order chi connectivity index (χ1) is 29.5. The molecule has 0 radical (unpaired) electrons. The van der Waals surface area contributed by atoms with Gasteiger partial charge in [0, 0.05) is 26.2 Å². The molecular formula is C43H49ClFN13O2. The zero-order valence-electron chi connectivity index (χ0n) is 33.4. The Morgan fingerprint density at radius 1 is 0.617 bits per heavy atom. The van der Waals surface area contributed by atoms with Gasteiger partial charge in [0.2, 0.25) is 11.9 Å². The molecule has 0 unspecified atom stereocenters. The van der Waals surface area contributed by atoms with Crippen LogP contribution < -0.4 is 19.3 Å². The van der Waals surface area contributed by atoms with Gasteiger partial charge in [0.15, 0.2) is 5.82 Å². The summed E-state index contributed by atoms with van der Waals surface area (Å²) in [5.74, 6) is 7.67. The van der Waals surface area contributed by atoms with Crippen molar-refractivity contribution in [2.75, 3.05) is 49.2 Å². The minimum absolute atomic E-state index is 0.386. The van der Waals surface area contributed by atoms with Crippen molar-refractivity contribution in [2.45, 2.75) is 51.4 Å². The number of hydrogen-bond donors (Lipinski definition) is 0. The molecule has 4 fully saturated rings. The summed E-state index contributed by atoms with van der Waals surface area (Å²) in [4.78, 5) is 21.3. The van der Waals surface area contributed by atoms with Gasteiger partial charge in [0.1, 0.15) is 17.8 Å². The molecule has 15 nitrogen and oxygen atoms in total. The van der Waals surface area contributed by atoms with Crippen molar-refractivity contribution < 1.29 is 13.9 Å². The van der Waals surface area contributed by atoms with E-state index < -0.39 is 0 Å². The molecule has 6 heterocycles. The third-order valence-corrected chi connectivity index (χ3v) is 12.7. The largest absolute Gasteiger partial charge is 0.494 e. The van der Waals surface area contributed by atoms with Gasteiger partial charge in [0.25, 0.3) is 0 Å². The third-order valence-electron chi connectivity index (χ3n) is 12.5. The minimum atomic E-state index is -0.386. The van der Waals surface area contributed by atoms with Crippen LogP contribution in [0.5, 0.6) is 11.5 Å². The molecule has 0 amide bonds. The van der Waals surface area contributed by atoms with Crippen LogP contribution >= 0.6 is 11.6 Å². The zero-order valence-corrected chi connectivity index (χ0v) is 34.2. The van der Waals surface area contributed by atoms with Crippen molar-refractivity contribution in [1.29, 1.82) is 0 Å². The van der Waals surface area contributed by atoms with Gasteiger partial charge in [-0.3, -0.25) is 0 Å². The summed E-state index contributed by atoms with van der Waals surface area (Å²) in [6, 6.07) is 15.8. The predicted molar refractivity (Wildman–Crippen MR) is 223 cm³/mol. The van der Waals surface area contributed by atoms with E-state index in [1.807, 2.05) is 54.7 Å². The molecule has 2 aliphatic heterocycles. The van der Waals surface area contributed by atoms with Crippen molar-refractivity contribution in [1.82, 2.24) is 55.1 Å². The third kappa shape index (κ3) is 10.1. The average molecular weight is 834 g/mol. The lowest BCUT2D eigenvalue weighted by Crippen LogP contribution is -2.35. The van der Waals surface area contributed by atoms with Crippen molar-refractivity contribution >= 4 is 23.5 Å². The highest BCUT2D eigenvalue weighted by atomic mass is 35.5. The molecule has 6 aromatic rings. The van der Waals surface area contributed by atoms with Crippen LogP contribution in [0, 0.1) is 41.3 Å². The Morgan fingerprint density at radius 3 is 1.58 bits per heavy atom. The van der Waals surface area contributed by atoms with Crippen molar-refractivity contribution in [2.24, 2.45) is 35.5 Å². The molecular weight excluding hydrogens is 785 g/mol. The Kier molecular flexibility index (Phi) is 12.3. The number of halogens is 2. The first-order valence-corrected chi connectivity index (χ1v) is 21.4. The molecule has 312 valence electrons. The Morgan fingerprint density at radius 2 is 1.12 bits per heavy atom. The van der Waals surface area contributed by atoms with Gasteiger partial charge in [-0.2, -0.15) is 0 Å². The molecule has 2 saturated heterocycles. The summed E-state index contributed by atoms with van der Waals surface area (Å²) in [5, 5.41) is 19.6. The fourth-order valence-electron chi connectivity index (χ4n) is 9.03. The molecule has 0 N–H and O–H groups in total. The zero-order chi connectivity index (χ0) is 40.7. The van der Waals surface area contributed by atoms with Gasteiger partial charge < -0.3 is 19.3 Å². The monoisotopic (exact) mass is 833 g/mol. The number of hydrogen-bond acceptors (Lipinski definition) is 13. The standard InChI is InChI=1S/C22H25FN6O.C21H24ClN7O/c23-18-14-24-22(25-15-18)28-9-5-16(6-10-28)21-13-17(21)7-12-30-20-3-1-19(2-4-20)29-11-8-26-27-29;22-17-12-23-21(24-13-17)28-8-5-15(6-9-28)20-11-16(20)7-10-30-19-3-1-18(2-4-19)29-14-25-26-27-29/h1-4,8,11,14-17,21H,5-7,9-10,12-13H2;1-4,12-16,20H,5-11H2/t17-,21-;16-,20-/m01/s1. The lowest BCUT2D eigenvalue weighted by Gasteiger charge is -2.32. The van der Waals surface area contributed by atoms with Crippen molar-refractivity contribution in [3.63, 3.8) is 0 Å². The van der Waals surface area contributed by atoms with Crippen LogP contribution in [0.3, 0.4) is 0 Å². The highest BCUT2D eigenvalue weighted by Gasteiger charge is 2.44. The number of anilines is 2. The van der Waals surface area contributed by atoms with Crippen LogP contribution in [0.1, 0.15) is 51.4 Å².